The van der Waals surface area contributed by atoms with Crippen molar-refractivity contribution in [3.63, 3.8) is 0 Å². The minimum Gasteiger partial charge on any atom is -0.202 e. The van der Waals surface area contributed by atoms with Crippen LogP contribution in [0.15, 0.2) is 0 Å². The first-order valence-corrected chi connectivity index (χ1v) is 8.86. The molecule has 1 saturated carbocycles. The molecule has 0 aromatic heterocycles. The van der Waals surface area contributed by atoms with Gasteiger partial charge >= 0.3 is 0 Å². The zero-order valence-electron chi connectivity index (χ0n) is 10.8. The average Bonchev–Trinajstić information content (AvgIpc) is 3.11. The molecule has 1 saturated heterocycles. The lowest BCUT2D eigenvalue weighted by atomic mass is 10.1. The Morgan fingerprint density at radius 3 is 2.22 bits per heavy atom. The number of nitrogens with zero attached hydrogens (tertiary/aromatic N) is 1. The zero-order chi connectivity index (χ0) is 13.1. The van der Waals surface area contributed by atoms with Crippen LogP contribution in [-0.4, -0.2) is 38.2 Å². The highest BCUT2D eigenvalue weighted by atomic mass is 35.5. The molecule has 0 unspecified atom stereocenters. The molecule has 18 heavy (non-hydrogen) atoms. The van der Waals surface area contributed by atoms with Gasteiger partial charge in [0.05, 0.1) is 0 Å². The van der Waals surface area contributed by atoms with Crippen LogP contribution in [0.5, 0.6) is 0 Å². The molecule has 1 aliphatic heterocycles. The van der Waals surface area contributed by atoms with Crippen LogP contribution in [0.2, 0.25) is 0 Å². The van der Waals surface area contributed by atoms with Gasteiger partial charge in [0, 0.05) is 25.5 Å². The van der Waals surface area contributed by atoms with Crippen LogP contribution in [-0.2, 0) is 10.2 Å². The van der Waals surface area contributed by atoms with E-state index in [2.05, 4.69) is 4.72 Å². The summed E-state index contributed by atoms with van der Waals surface area (Å²) in [7, 11) is -3.28. The van der Waals surface area contributed by atoms with E-state index < -0.39 is 10.2 Å². The molecule has 4 nitrogen and oxygen atoms in total. The fraction of sp³-hybridized carbons (Fsp3) is 1.00. The number of alkyl halides is 1. The number of nitrogens with one attached hydrogen (secondary N) is 1. The molecule has 0 aromatic rings. The van der Waals surface area contributed by atoms with E-state index in [9.17, 15) is 8.42 Å². The molecule has 106 valence electrons. The van der Waals surface area contributed by atoms with E-state index in [1.54, 1.807) is 4.31 Å². The minimum absolute atomic E-state index is 0.153. The van der Waals surface area contributed by atoms with E-state index in [4.69, 9.17) is 11.6 Å². The summed E-state index contributed by atoms with van der Waals surface area (Å²) in [4.78, 5) is 0. The maximum atomic E-state index is 12.2. The van der Waals surface area contributed by atoms with Gasteiger partial charge in [-0.15, -0.1) is 11.6 Å². The Kier molecular flexibility index (Phi) is 4.92. The molecule has 0 spiro atoms. The Labute approximate surface area is 115 Å². The highest BCUT2D eigenvalue weighted by Gasteiger charge is 2.42. The first-order valence-electron chi connectivity index (χ1n) is 6.89. The van der Waals surface area contributed by atoms with Gasteiger partial charge < -0.3 is 0 Å². The predicted octanol–water partition coefficient (Wildman–Crippen LogP) is 2.11. The lowest BCUT2D eigenvalue weighted by Gasteiger charge is -2.22. The van der Waals surface area contributed by atoms with Crippen molar-refractivity contribution in [1.29, 1.82) is 0 Å². The molecular formula is C12H23ClN2O2S. The van der Waals surface area contributed by atoms with Crippen LogP contribution in [0, 0.1) is 5.41 Å². The summed E-state index contributed by atoms with van der Waals surface area (Å²) < 4.78 is 28.8. The van der Waals surface area contributed by atoms with Gasteiger partial charge in [0.15, 0.2) is 0 Å². The van der Waals surface area contributed by atoms with Crippen molar-refractivity contribution >= 4 is 21.8 Å². The van der Waals surface area contributed by atoms with Gasteiger partial charge in [0.2, 0.25) is 0 Å². The van der Waals surface area contributed by atoms with Gasteiger partial charge in [-0.25, -0.2) is 4.72 Å². The van der Waals surface area contributed by atoms with E-state index in [0.717, 1.165) is 44.9 Å². The van der Waals surface area contributed by atoms with Crippen molar-refractivity contribution in [3.8, 4) is 0 Å². The van der Waals surface area contributed by atoms with Gasteiger partial charge in [-0.05, 0) is 37.5 Å². The Morgan fingerprint density at radius 1 is 1.11 bits per heavy atom. The molecule has 0 aromatic carbocycles. The highest BCUT2D eigenvalue weighted by Crippen LogP contribution is 2.48. The summed E-state index contributed by atoms with van der Waals surface area (Å²) in [5.41, 5.74) is 0.153. The molecule has 6 heteroatoms. The number of halogens is 1. The van der Waals surface area contributed by atoms with Gasteiger partial charge in [-0.3, -0.25) is 0 Å². The number of rotatable bonds is 6. The lowest BCUT2D eigenvalue weighted by molar-refractivity contribution is 0.402. The van der Waals surface area contributed by atoms with E-state index in [-0.39, 0.29) is 5.41 Å². The summed E-state index contributed by atoms with van der Waals surface area (Å²) in [6.45, 7) is 1.88. The van der Waals surface area contributed by atoms with Crippen molar-refractivity contribution in [1.82, 2.24) is 9.03 Å². The molecule has 0 atom stereocenters. The zero-order valence-corrected chi connectivity index (χ0v) is 12.4. The van der Waals surface area contributed by atoms with Crippen molar-refractivity contribution in [2.45, 2.75) is 44.9 Å². The fourth-order valence-corrected chi connectivity index (χ4v) is 4.32. The summed E-state index contributed by atoms with van der Waals surface area (Å²) in [5, 5.41) is 0. The maximum Gasteiger partial charge on any atom is 0.279 e. The number of hydrogen-bond donors (Lipinski definition) is 1. The topological polar surface area (TPSA) is 49.4 Å². The van der Waals surface area contributed by atoms with Crippen LogP contribution >= 0.6 is 11.6 Å². The fourth-order valence-electron chi connectivity index (χ4n) is 2.51. The molecule has 1 aliphatic carbocycles. The Morgan fingerprint density at radius 2 is 1.72 bits per heavy atom. The Hall–Kier alpha value is 0.160. The first kappa shape index (κ1) is 14.6. The highest BCUT2D eigenvalue weighted by molar-refractivity contribution is 7.87. The smallest absolute Gasteiger partial charge is 0.202 e. The Bertz CT molecular complexity index is 360. The van der Waals surface area contributed by atoms with Crippen molar-refractivity contribution in [2.75, 3.05) is 25.5 Å². The largest absolute Gasteiger partial charge is 0.279 e. The van der Waals surface area contributed by atoms with E-state index in [1.807, 2.05) is 0 Å². The minimum atomic E-state index is -3.28. The standard InChI is InChI=1S/C12H23ClN2O2S/c13-8-7-12(5-6-12)11-14-18(16,17)15-9-3-1-2-4-10-15/h14H,1-11H2. The molecule has 0 bridgehead atoms. The van der Waals surface area contributed by atoms with Gasteiger partial charge in [0.25, 0.3) is 10.2 Å². The monoisotopic (exact) mass is 294 g/mol. The third-order valence-corrected chi connectivity index (χ3v) is 5.86. The third kappa shape index (κ3) is 3.83. The van der Waals surface area contributed by atoms with Crippen molar-refractivity contribution < 1.29 is 8.42 Å². The molecule has 1 N–H and O–H groups in total. The van der Waals surface area contributed by atoms with Crippen LogP contribution in [0.1, 0.15) is 44.9 Å². The number of hydrogen-bond acceptors (Lipinski definition) is 2. The molecule has 0 radical (unpaired) electrons. The van der Waals surface area contributed by atoms with Gasteiger partial charge in [-0.1, -0.05) is 12.8 Å². The average molecular weight is 295 g/mol. The van der Waals surface area contributed by atoms with Crippen LogP contribution in [0.4, 0.5) is 0 Å². The summed E-state index contributed by atoms with van der Waals surface area (Å²) in [6.07, 6.45) is 7.35. The molecule has 0 amide bonds. The van der Waals surface area contributed by atoms with Gasteiger partial charge in [0.1, 0.15) is 0 Å². The molecule has 2 fully saturated rings. The Balaban J connectivity index is 1.86. The second-order valence-electron chi connectivity index (χ2n) is 5.58. The second-order valence-corrected chi connectivity index (χ2v) is 7.71. The second kappa shape index (κ2) is 6.07. The summed E-state index contributed by atoms with van der Waals surface area (Å²) in [5.74, 6) is 0.617. The van der Waals surface area contributed by atoms with Crippen molar-refractivity contribution in [3.05, 3.63) is 0 Å². The van der Waals surface area contributed by atoms with Crippen molar-refractivity contribution in [2.24, 2.45) is 5.41 Å². The van der Waals surface area contributed by atoms with E-state index >= 15 is 0 Å². The summed E-state index contributed by atoms with van der Waals surface area (Å²) >= 11 is 5.76. The van der Waals surface area contributed by atoms with Crippen LogP contribution in [0.3, 0.4) is 0 Å². The normalized spacial score (nSPS) is 24.7. The molecule has 1 heterocycles. The van der Waals surface area contributed by atoms with Crippen LogP contribution < -0.4 is 4.72 Å². The molecule has 2 aliphatic rings. The molecule has 2 rings (SSSR count). The van der Waals surface area contributed by atoms with E-state index in [0.29, 0.717) is 25.5 Å². The molecular weight excluding hydrogens is 272 g/mol. The lowest BCUT2D eigenvalue weighted by Crippen LogP contribution is -2.43. The predicted molar refractivity (Wildman–Crippen MR) is 74.0 cm³/mol. The van der Waals surface area contributed by atoms with E-state index in [1.165, 1.54) is 0 Å². The van der Waals surface area contributed by atoms with Crippen LogP contribution in [0.25, 0.3) is 0 Å². The summed E-state index contributed by atoms with van der Waals surface area (Å²) in [6, 6.07) is 0. The SMILES string of the molecule is O=S(=O)(NCC1(CCCl)CC1)N1CCCCCC1. The van der Waals surface area contributed by atoms with Gasteiger partial charge in [-0.2, -0.15) is 12.7 Å². The maximum absolute atomic E-state index is 12.2. The third-order valence-electron chi connectivity index (χ3n) is 4.12. The quantitative estimate of drug-likeness (QED) is 0.763. The first-order chi connectivity index (χ1) is 8.58.